The van der Waals surface area contributed by atoms with Gasteiger partial charge in [-0.05, 0) is 0 Å². The zero-order valence-electron chi connectivity index (χ0n) is 4.65. The summed E-state index contributed by atoms with van der Waals surface area (Å²) in [4.78, 5) is 26.2. The minimum atomic E-state index is -2.71. The predicted molar refractivity (Wildman–Crippen MR) is 58.3 cm³/mol. The van der Waals surface area contributed by atoms with E-state index in [1.54, 1.807) is 43.6 Å². The highest BCUT2D eigenvalue weighted by atomic mass is 127. The summed E-state index contributed by atoms with van der Waals surface area (Å²) in [5.74, 6) is 0. The average Bonchev–Trinajstić information content (AvgIpc) is 1.58. The molecule has 0 radical (unpaired) electrons. The molecule has 0 rings (SSSR count). The van der Waals surface area contributed by atoms with Crippen molar-refractivity contribution >= 4 is 66.7 Å². The fourth-order valence-electron chi connectivity index (χ4n) is 0.224. The minimum absolute atomic E-state index is 1.70. The van der Waals surface area contributed by atoms with Crippen LogP contribution in [0.2, 0.25) is 0 Å². The SMILES string of the molecule is O[SiH](I)O[SiH](O)O[SiH](O)I. The molecule has 0 saturated carbocycles. The first-order valence-electron chi connectivity index (χ1n) is 2.15. The van der Waals surface area contributed by atoms with Gasteiger partial charge in [0, 0.05) is 0 Å². The molecule has 0 bridgehead atoms. The van der Waals surface area contributed by atoms with Gasteiger partial charge in [-0.15, -0.1) is 0 Å². The standard InChI is InChI=1S/H6I2O5Si3/c1-8(3)6-10(5)7-9(2)4/h3-5,8-10H. The summed E-state index contributed by atoms with van der Waals surface area (Å²) in [6.07, 6.45) is 0. The molecule has 0 aliphatic rings. The van der Waals surface area contributed by atoms with Gasteiger partial charge in [0.2, 0.25) is 0 Å². The monoisotopic (exact) mass is 424 g/mol. The molecular formula is H6I2O5Si3. The van der Waals surface area contributed by atoms with E-state index in [9.17, 15) is 0 Å². The van der Waals surface area contributed by atoms with Crippen LogP contribution in [-0.4, -0.2) is 37.5 Å². The summed E-state index contributed by atoms with van der Waals surface area (Å²) < 4.78 is 9.17. The van der Waals surface area contributed by atoms with E-state index >= 15 is 0 Å². The van der Waals surface area contributed by atoms with Gasteiger partial charge < -0.3 is 22.6 Å². The Bertz CT molecular complexity index is 77.0. The third kappa shape index (κ3) is 8.01. The first-order valence-corrected chi connectivity index (χ1v) is 13.9. The fourth-order valence-corrected chi connectivity index (χ4v) is 7.12. The maximum absolute atomic E-state index is 8.82. The highest BCUT2D eigenvalue weighted by Crippen LogP contribution is 1.98. The van der Waals surface area contributed by atoms with Crippen molar-refractivity contribution in [1.29, 1.82) is 0 Å². The van der Waals surface area contributed by atoms with E-state index in [0.717, 1.165) is 0 Å². The van der Waals surface area contributed by atoms with Crippen LogP contribution in [0.3, 0.4) is 0 Å². The van der Waals surface area contributed by atoms with Gasteiger partial charge in [-0.2, -0.15) is 0 Å². The van der Waals surface area contributed by atoms with Crippen molar-refractivity contribution in [2.45, 2.75) is 0 Å². The second-order valence-corrected chi connectivity index (χ2v) is 11.5. The highest BCUT2D eigenvalue weighted by molar-refractivity contribution is 14.1. The molecule has 0 saturated heterocycles. The van der Waals surface area contributed by atoms with E-state index < -0.39 is 23.1 Å². The quantitative estimate of drug-likeness (QED) is 0.277. The molecule has 62 valence electrons. The van der Waals surface area contributed by atoms with E-state index in [4.69, 9.17) is 14.4 Å². The van der Waals surface area contributed by atoms with E-state index in [2.05, 4.69) is 8.23 Å². The molecule has 0 spiro atoms. The summed E-state index contributed by atoms with van der Waals surface area (Å²) in [5, 5.41) is 0. The summed E-state index contributed by atoms with van der Waals surface area (Å²) in [7, 11) is -2.71. The van der Waals surface area contributed by atoms with Gasteiger partial charge in [-0.3, -0.25) is 0 Å². The second kappa shape index (κ2) is 6.43. The lowest BCUT2D eigenvalue weighted by atomic mass is 15.7. The normalized spacial score (nSPS) is 20.1. The van der Waals surface area contributed by atoms with Crippen LogP contribution in [0, 0.1) is 0 Å². The second-order valence-electron chi connectivity index (χ2n) is 1.16. The summed E-state index contributed by atoms with van der Waals surface area (Å²) >= 11 is 3.41. The highest BCUT2D eigenvalue weighted by Gasteiger charge is 2.18. The van der Waals surface area contributed by atoms with E-state index in [1.807, 2.05) is 0 Å². The number of halogens is 2. The molecule has 10 heteroatoms. The van der Waals surface area contributed by atoms with Gasteiger partial charge in [0.25, 0.3) is 0 Å². The predicted octanol–water partition coefficient (Wildman–Crippen LogP) is -1.98. The lowest BCUT2D eigenvalue weighted by molar-refractivity contribution is 0.269. The van der Waals surface area contributed by atoms with Crippen molar-refractivity contribution in [2.24, 2.45) is 0 Å². The maximum Gasteiger partial charge on any atom is 0.464 e. The number of rotatable bonds is 4. The Hall–Kier alpha value is 1.91. The lowest BCUT2D eigenvalue weighted by Crippen LogP contribution is -2.32. The Morgan fingerprint density at radius 3 is 1.40 bits per heavy atom. The van der Waals surface area contributed by atoms with Crippen LogP contribution in [0.5, 0.6) is 0 Å². The van der Waals surface area contributed by atoms with Crippen LogP contribution in [0.25, 0.3) is 0 Å². The molecule has 10 heavy (non-hydrogen) atoms. The van der Waals surface area contributed by atoms with Gasteiger partial charge in [-0.25, -0.2) is 0 Å². The van der Waals surface area contributed by atoms with Crippen LogP contribution in [0.4, 0.5) is 0 Å². The Morgan fingerprint density at radius 2 is 1.20 bits per heavy atom. The van der Waals surface area contributed by atoms with E-state index in [0.29, 0.717) is 0 Å². The zero-order chi connectivity index (χ0) is 8.15. The first kappa shape index (κ1) is 11.9. The minimum Gasteiger partial charge on any atom is -0.406 e. The molecule has 5 nitrogen and oxygen atoms in total. The molecule has 0 aliphatic heterocycles. The molecule has 0 fully saturated rings. The smallest absolute Gasteiger partial charge is 0.406 e. The van der Waals surface area contributed by atoms with Crippen LogP contribution in [-0.2, 0) is 8.23 Å². The summed E-state index contributed by atoms with van der Waals surface area (Å²) in [6, 6.07) is 0. The largest absolute Gasteiger partial charge is 0.464 e. The Labute approximate surface area is 88.4 Å². The molecule has 2 unspecified atom stereocenters. The van der Waals surface area contributed by atoms with E-state index in [-0.39, 0.29) is 0 Å². The molecule has 0 aromatic heterocycles. The third-order valence-electron chi connectivity index (χ3n) is 0.457. The first-order chi connectivity index (χ1) is 4.52. The van der Waals surface area contributed by atoms with Crippen molar-refractivity contribution in [2.75, 3.05) is 0 Å². The number of hydrogen-bond acceptors (Lipinski definition) is 5. The summed E-state index contributed by atoms with van der Waals surface area (Å²) in [6.45, 7) is -4.45. The van der Waals surface area contributed by atoms with Crippen molar-refractivity contribution < 1.29 is 22.6 Å². The number of hydrogen-bond donors (Lipinski definition) is 3. The van der Waals surface area contributed by atoms with Crippen LogP contribution in [0.15, 0.2) is 0 Å². The average molecular weight is 424 g/mol. The van der Waals surface area contributed by atoms with Crippen LogP contribution < -0.4 is 0 Å². The Morgan fingerprint density at radius 1 is 0.900 bits per heavy atom. The maximum atomic E-state index is 8.82. The topological polar surface area (TPSA) is 79.2 Å². The fraction of sp³-hybridized carbons (Fsp3) is 0. The molecule has 0 heterocycles. The van der Waals surface area contributed by atoms with Gasteiger partial charge >= 0.3 is 23.1 Å². The van der Waals surface area contributed by atoms with Gasteiger partial charge in [0.1, 0.15) is 0 Å². The Kier molecular flexibility index (Phi) is 7.66. The molecule has 2 atom stereocenters. The molecular weight excluding hydrogens is 418 g/mol. The molecule has 0 aromatic carbocycles. The van der Waals surface area contributed by atoms with Gasteiger partial charge in [0.15, 0.2) is 0 Å². The molecule has 0 aromatic rings. The molecule has 0 amide bonds. The lowest BCUT2D eigenvalue weighted by Gasteiger charge is -2.10. The van der Waals surface area contributed by atoms with Crippen LogP contribution in [0.1, 0.15) is 0 Å². The Balaban J connectivity index is 3.34. The van der Waals surface area contributed by atoms with E-state index in [1.165, 1.54) is 0 Å². The molecule has 3 N–H and O–H groups in total. The van der Waals surface area contributed by atoms with Gasteiger partial charge in [0.05, 0.1) is 0 Å². The molecule has 0 aliphatic carbocycles. The van der Waals surface area contributed by atoms with Gasteiger partial charge in [-0.1, -0.05) is 43.6 Å². The third-order valence-corrected chi connectivity index (χ3v) is 9.40. The van der Waals surface area contributed by atoms with Crippen molar-refractivity contribution in [3.63, 3.8) is 0 Å². The van der Waals surface area contributed by atoms with Crippen molar-refractivity contribution in [3.8, 4) is 0 Å². The van der Waals surface area contributed by atoms with Crippen molar-refractivity contribution in [1.82, 2.24) is 0 Å². The summed E-state index contributed by atoms with van der Waals surface area (Å²) in [5.41, 5.74) is 0. The van der Waals surface area contributed by atoms with Crippen LogP contribution >= 0.6 is 43.6 Å². The zero-order valence-corrected chi connectivity index (χ0v) is 12.4. The van der Waals surface area contributed by atoms with Crippen molar-refractivity contribution in [3.05, 3.63) is 0 Å².